The van der Waals surface area contributed by atoms with Crippen molar-refractivity contribution >= 4 is 24.1 Å². The van der Waals surface area contributed by atoms with Crippen LogP contribution >= 0.6 is 0 Å². The molecule has 202 valence electrons. The van der Waals surface area contributed by atoms with Crippen LogP contribution in [-0.4, -0.2) is 72.1 Å². The number of esters is 1. The third-order valence-electron chi connectivity index (χ3n) is 4.61. The first-order valence-corrected chi connectivity index (χ1v) is 11.9. The van der Waals surface area contributed by atoms with Crippen LogP contribution in [0.4, 0.5) is 9.59 Å². The second-order valence-electron chi connectivity index (χ2n) is 12.0. The molecule has 3 atom stereocenters. The Kier molecular flexibility index (Phi) is 10.4. The molecule has 35 heavy (non-hydrogen) atoms. The van der Waals surface area contributed by atoms with Crippen LogP contribution in [0.1, 0.15) is 75.2 Å². The summed E-state index contributed by atoms with van der Waals surface area (Å²) in [5.41, 5.74) is 0.719. The average Bonchev–Trinajstić information content (AvgIpc) is 3.33. The Morgan fingerprint density at radius 3 is 1.89 bits per heavy atom. The highest BCUT2D eigenvalue weighted by Crippen LogP contribution is 2.42. The summed E-state index contributed by atoms with van der Waals surface area (Å²) in [6.07, 6.45) is -0.438. The molecule has 0 radical (unpaired) electrons. The zero-order valence-corrected chi connectivity index (χ0v) is 22.9. The highest BCUT2D eigenvalue weighted by atomic mass is 16.6. The van der Waals surface area contributed by atoms with Gasteiger partial charge in [0.1, 0.15) is 23.3 Å². The van der Waals surface area contributed by atoms with Crippen molar-refractivity contribution in [3.8, 4) is 0 Å². The molecule has 0 aromatic heterocycles. The Bertz CT molecular complexity index is 765. The van der Waals surface area contributed by atoms with Crippen LogP contribution in [-0.2, 0) is 23.8 Å². The Morgan fingerprint density at radius 2 is 1.37 bits per heavy atom. The van der Waals surface area contributed by atoms with E-state index in [1.54, 1.807) is 69.4 Å². The lowest BCUT2D eigenvalue weighted by atomic mass is 10.1. The van der Waals surface area contributed by atoms with Crippen molar-refractivity contribution in [2.45, 2.75) is 98.0 Å². The van der Waals surface area contributed by atoms with Gasteiger partial charge in [-0.25, -0.2) is 14.6 Å². The highest BCUT2D eigenvalue weighted by molar-refractivity contribution is 5.78. The number of carbonyl (C=O) groups is 4. The van der Waals surface area contributed by atoms with E-state index in [4.69, 9.17) is 14.2 Å². The van der Waals surface area contributed by atoms with E-state index in [1.165, 1.54) is 5.01 Å². The van der Waals surface area contributed by atoms with Crippen molar-refractivity contribution < 1.29 is 33.4 Å². The summed E-state index contributed by atoms with van der Waals surface area (Å²) >= 11 is 0. The molecule has 0 spiro atoms. The molecule has 11 heteroatoms. The first kappa shape index (κ1) is 30.5. The van der Waals surface area contributed by atoms with Crippen molar-refractivity contribution in [2.75, 3.05) is 20.1 Å². The van der Waals surface area contributed by atoms with E-state index in [-0.39, 0.29) is 30.7 Å². The molecule has 1 aliphatic rings. The standard InChI is InChI=1S/C24H44N4O7/c1-22(2,3)33-19(30)14-28(10)27-18(29)12-17(26-21(32)35-24(7,8)9)16-11-15(16)13-25-20(31)34-23(4,5)6/h15-17H,11-14H2,1-10H3,(H,25,31)(H,26,32)(H,27,29)/t15-,16-,17-/m1/s1. The molecule has 3 N–H and O–H groups in total. The molecule has 0 unspecified atom stereocenters. The molecule has 0 aromatic rings. The predicted molar refractivity (Wildman–Crippen MR) is 130 cm³/mol. The van der Waals surface area contributed by atoms with Crippen LogP contribution in [0.15, 0.2) is 0 Å². The molecule has 0 aliphatic heterocycles. The lowest BCUT2D eigenvalue weighted by Gasteiger charge is -2.25. The molecular weight excluding hydrogens is 456 g/mol. The van der Waals surface area contributed by atoms with Gasteiger partial charge in [-0.1, -0.05) is 0 Å². The maximum Gasteiger partial charge on any atom is 0.407 e. The fraction of sp³-hybridized carbons (Fsp3) is 0.833. The first-order chi connectivity index (χ1) is 15.7. The van der Waals surface area contributed by atoms with Gasteiger partial charge in [-0.05, 0) is 80.6 Å². The smallest absolute Gasteiger partial charge is 0.407 e. The molecule has 0 saturated heterocycles. The van der Waals surface area contributed by atoms with Gasteiger partial charge < -0.3 is 24.8 Å². The van der Waals surface area contributed by atoms with E-state index < -0.39 is 41.0 Å². The van der Waals surface area contributed by atoms with Crippen LogP contribution in [0.5, 0.6) is 0 Å². The molecule has 0 bridgehead atoms. The fourth-order valence-electron chi connectivity index (χ4n) is 3.36. The predicted octanol–water partition coefficient (Wildman–Crippen LogP) is 2.74. The van der Waals surface area contributed by atoms with E-state index in [0.29, 0.717) is 6.54 Å². The topological polar surface area (TPSA) is 135 Å². The van der Waals surface area contributed by atoms with Gasteiger partial charge in [0, 0.05) is 26.1 Å². The summed E-state index contributed by atoms with van der Waals surface area (Å²) in [6.45, 7) is 16.1. The quantitative estimate of drug-likeness (QED) is 0.250. The van der Waals surface area contributed by atoms with E-state index in [2.05, 4.69) is 16.1 Å². The minimum atomic E-state index is -0.689. The number of amides is 3. The van der Waals surface area contributed by atoms with E-state index >= 15 is 0 Å². The fourth-order valence-corrected chi connectivity index (χ4v) is 3.36. The van der Waals surface area contributed by atoms with Crippen molar-refractivity contribution in [2.24, 2.45) is 11.8 Å². The number of rotatable bonds is 9. The molecule has 0 aromatic carbocycles. The number of hydrogen-bond acceptors (Lipinski definition) is 8. The van der Waals surface area contributed by atoms with Gasteiger partial charge in [0.2, 0.25) is 5.91 Å². The number of alkyl carbamates (subject to hydrolysis) is 2. The molecular formula is C24H44N4O7. The van der Waals surface area contributed by atoms with Crippen LogP contribution in [0.3, 0.4) is 0 Å². The summed E-state index contributed by atoms with van der Waals surface area (Å²) in [5.74, 6) is -0.795. The van der Waals surface area contributed by atoms with Gasteiger partial charge in [-0.15, -0.1) is 0 Å². The third kappa shape index (κ3) is 14.4. The number of hydrogen-bond donors (Lipinski definition) is 3. The second-order valence-corrected chi connectivity index (χ2v) is 12.0. The van der Waals surface area contributed by atoms with Crippen molar-refractivity contribution in [1.29, 1.82) is 0 Å². The molecule has 11 nitrogen and oxygen atoms in total. The number of nitrogens with one attached hydrogen (secondary N) is 3. The Morgan fingerprint density at radius 1 is 0.857 bits per heavy atom. The monoisotopic (exact) mass is 500 g/mol. The van der Waals surface area contributed by atoms with E-state index in [1.807, 2.05) is 0 Å². The number of likely N-dealkylation sites (N-methyl/N-ethyl adjacent to an activating group) is 1. The van der Waals surface area contributed by atoms with Crippen molar-refractivity contribution in [1.82, 2.24) is 21.1 Å². The maximum absolute atomic E-state index is 12.7. The Hall–Kier alpha value is -2.56. The third-order valence-corrected chi connectivity index (χ3v) is 4.61. The van der Waals surface area contributed by atoms with E-state index in [9.17, 15) is 19.2 Å². The zero-order valence-electron chi connectivity index (χ0n) is 22.9. The van der Waals surface area contributed by atoms with Crippen LogP contribution in [0, 0.1) is 11.8 Å². The summed E-state index contributed by atoms with van der Waals surface area (Å²) in [5, 5.41) is 6.87. The minimum Gasteiger partial charge on any atom is -0.459 e. The highest BCUT2D eigenvalue weighted by Gasteiger charge is 2.45. The first-order valence-electron chi connectivity index (χ1n) is 11.9. The molecule has 1 aliphatic carbocycles. The largest absolute Gasteiger partial charge is 0.459 e. The molecule has 1 rings (SSSR count). The molecule has 1 fully saturated rings. The summed E-state index contributed by atoms with van der Waals surface area (Å²) in [4.78, 5) is 49.0. The Balaban J connectivity index is 2.69. The van der Waals surface area contributed by atoms with E-state index in [0.717, 1.165) is 6.42 Å². The maximum atomic E-state index is 12.7. The number of ether oxygens (including phenoxy) is 3. The molecule has 1 saturated carbocycles. The molecule has 3 amide bonds. The number of hydrazine groups is 1. The SMILES string of the molecule is CN(CC(=O)OC(C)(C)C)NC(=O)C[C@@H](NC(=O)OC(C)(C)C)[C@@H]1C[C@@H]1CNC(=O)OC(C)(C)C. The Labute approximate surface area is 208 Å². The normalized spacial score (nSPS) is 18.8. The van der Waals surface area contributed by atoms with Gasteiger partial charge in [-0.3, -0.25) is 15.0 Å². The number of carbonyl (C=O) groups excluding carboxylic acids is 4. The summed E-state index contributed by atoms with van der Waals surface area (Å²) < 4.78 is 15.9. The summed E-state index contributed by atoms with van der Waals surface area (Å²) in [6, 6.07) is -0.509. The van der Waals surface area contributed by atoms with Crippen LogP contribution < -0.4 is 16.1 Å². The van der Waals surface area contributed by atoms with Crippen LogP contribution in [0.25, 0.3) is 0 Å². The van der Waals surface area contributed by atoms with Gasteiger partial charge in [0.25, 0.3) is 0 Å². The number of nitrogens with zero attached hydrogens (tertiary/aromatic N) is 1. The lowest BCUT2D eigenvalue weighted by Crippen LogP contribution is -2.48. The molecule has 0 heterocycles. The second kappa shape index (κ2) is 11.9. The van der Waals surface area contributed by atoms with Crippen molar-refractivity contribution in [3.05, 3.63) is 0 Å². The average molecular weight is 501 g/mol. The lowest BCUT2D eigenvalue weighted by molar-refractivity contribution is -0.156. The van der Waals surface area contributed by atoms with Gasteiger partial charge >= 0.3 is 18.2 Å². The van der Waals surface area contributed by atoms with Gasteiger partial charge in [0.15, 0.2) is 0 Å². The van der Waals surface area contributed by atoms with Crippen LogP contribution in [0.2, 0.25) is 0 Å². The van der Waals surface area contributed by atoms with Gasteiger partial charge in [0.05, 0.1) is 0 Å². The zero-order chi connectivity index (χ0) is 27.2. The minimum absolute atomic E-state index is 0.0223. The summed E-state index contributed by atoms with van der Waals surface area (Å²) in [7, 11) is 1.56. The van der Waals surface area contributed by atoms with Gasteiger partial charge in [-0.2, -0.15) is 0 Å². The van der Waals surface area contributed by atoms with Crippen molar-refractivity contribution in [3.63, 3.8) is 0 Å².